The monoisotopic (exact) mass is 441 g/mol. The molecule has 3 aromatic carbocycles. The number of rotatable bonds is 6. The molecule has 0 atom stereocenters. The molecule has 4 rings (SSSR count). The zero-order valence-electron chi connectivity index (χ0n) is 19.3. The third-order valence-electron chi connectivity index (χ3n) is 5.74. The molecule has 1 aromatic heterocycles. The Hall–Kier alpha value is -3.86. The minimum Gasteiger partial charge on any atom is -0.455 e. The first kappa shape index (κ1) is 22.3. The number of carbonyl (C=O) groups is 2. The quantitative estimate of drug-likeness (QED) is 0.197. The van der Waals surface area contributed by atoms with Crippen LogP contribution >= 0.6 is 0 Å². The summed E-state index contributed by atoms with van der Waals surface area (Å²) in [5.74, 6) is -0.210. The van der Waals surface area contributed by atoms with Crippen LogP contribution in [0.3, 0.4) is 0 Å². The molecule has 0 aliphatic heterocycles. The molecule has 0 radical (unpaired) electrons. The van der Waals surface area contributed by atoms with Crippen molar-refractivity contribution in [1.82, 2.24) is 4.90 Å². The van der Waals surface area contributed by atoms with Crippen molar-refractivity contribution < 1.29 is 18.7 Å². The van der Waals surface area contributed by atoms with Crippen LogP contribution in [0.4, 0.5) is 0 Å². The van der Waals surface area contributed by atoms with Crippen LogP contribution in [0.1, 0.15) is 33.3 Å². The summed E-state index contributed by atoms with van der Waals surface area (Å²) in [5.41, 5.74) is 5.09. The average molecular weight is 442 g/mol. The molecule has 0 saturated carbocycles. The molecule has 0 N–H and O–H groups in total. The Balaban J connectivity index is 1.63. The SMILES string of the molecule is C/C(=C\C(=O)N(COC=O)C(C)(C)C)c1ccc(-c2cccc3c2oc2ccccc23)cc1. The molecule has 0 unspecified atom stereocenters. The number of fused-ring (bicyclic) bond motifs is 3. The van der Waals surface area contributed by atoms with Gasteiger partial charge >= 0.3 is 0 Å². The van der Waals surface area contributed by atoms with Crippen LogP contribution in [0.5, 0.6) is 0 Å². The summed E-state index contributed by atoms with van der Waals surface area (Å²) in [6.07, 6.45) is 1.58. The number of nitrogens with zero attached hydrogens (tertiary/aromatic N) is 1. The van der Waals surface area contributed by atoms with Crippen LogP contribution < -0.4 is 0 Å². The lowest BCUT2D eigenvalue weighted by molar-refractivity contribution is -0.145. The van der Waals surface area contributed by atoms with Gasteiger partial charge in [-0.15, -0.1) is 0 Å². The first-order valence-electron chi connectivity index (χ1n) is 10.9. The van der Waals surface area contributed by atoms with E-state index in [0.29, 0.717) is 6.47 Å². The van der Waals surface area contributed by atoms with Gasteiger partial charge in [-0.3, -0.25) is 9.59 Å². The highest BCUT2D eigenvalue weighted by molar-refractivity contribution is 6.09. The van der Waals surface area contributed by atoms with Gasteiger partial charge in [0.2, 0.25) is 5.91 Å². The van der Waals surface area contributed by atoms with E-state index in [2.05, 4.69) is 18.2 Å². The highest BCUT2D eigenvalue weighted by atomic mass is 16.5. The highest BCUT2D eigenvalue weighted by Crippen LogP contribution is 2.35. The number of furan rings is 1. The van der Waals surface area contributed by atoms with Crippen molar-refractivity contribution in [3.8, 4) is 11.1 Å². The molecule has 0 fully saturated rings. The third kappa shape index (κ3) is 4.53. The molecule has 0 bridgehead atoms. The minimum absolute atomic E-state index is 0.0872. The molecule has 33 heavy (non-hydrogen) atoms. The molecule has 1 amide bonds. The van der Waals surface area contributed by atoms with E-state index in [1.165, 1.54) is 4.90 Å². The second-order valence-corrected chi connectivity index (χ2v) is 9.01. The Morgan fingerprint density at radius 2 is 1.67 bits per heavy atom. The van der Waals surface area contributed by atoms with Crippen LogP contribution in [0.15, 0.2) is 77.2 Å². The number of amides is 1. The van der Waals surface area contributed by atoms with Gasteiger partial charge in [-0.05, 0) is 50.5 Å². The number of benzene rings is 3. The zero-order valence-corrected chi connectivity index (χ0v) is 19.3. The topological polar surface area (TPSA) is 59.8 Å². The number of hydrogen-bond donors (Lipinski definition) is 0. The van der Waals surface area contributed by atoms with Gasteiger partial charge in [0.1, 0.15) is 11.2 Å². The molecule has 5 heteroatoms. The number of ether oxygens (including phenoxy) is 1. The van der Waals surface area contributed by atoms with Gasteiger partial charge in [-0.2, -0.15) is 0 Å². The number of allylic oxidation sites excluding steroid dienone is 1. The zero-order chi connectivity index (χ0) is 23.6. The van der Waals surface area contributed by atoms with E-state index < -0.39 is 5.54 Å². The predicted octanol–water partition coefficient (Wildman–Crippen LogP) is 6.41. The number of carbonyl (C=O) groups excluding carboxylic acids is 2. The van der Waals surface area contributed by atoms with E-state index in [0.717, 1.165) is 44.2 Å². The Bertz CT molecular complexity index is 1340. The Morgan fingerprint density at radius 3 is 2.36 bits per heavy atom. The fourth-order valence-corrected chi connectivity index (χ4v) is 3.93. The maximum Gasteiger partial charge on any atom is 0.294 e. The van der Waals surface area contributed by atoms with Crippen LogP contribution in [0.2, 0.25) is 0 Å². The van der Waals surface area contributed by atoms with Gasteiger partial charge in [0.05, 0.1) is 0 Å². The van der Waals surface area contributed by atoms with Crippen molar-refractivity contribution in [1.29, 1.82) is 0 Å². The van der Waals surface area contributed by atoms with Crippen LogP contribution in [-0.2, 0) is 14.3 Å². The fourth-order valence-electron chi connectivity index (χ4n) is 3.93. The standard InChI is InChI=1S/C28H27NO4/c1-19(16-26(31)29(17-32-18-30)28(2,3)4)20-12-14-21(15-13-20)22-9-7-10-24-23-8-5-6-11-25(23)33-27(22)24/h5-16,18H,17H2,1-4H3/b19-16+. The summed E-state index contributed by atoms with van der Waals surface area (Å²) < 4.78 is 11.0. The summed E-state index contributed by atoms with van der Waals surface area (Å²) in [6, 6.07) is 22.3. The maximum atomic E-state index is 12.8. The van der Waals surface area contributed by atoms with Crippen molar-refractivity contribution in [3.63, 3.8) is 0 Å². The van der Waals surface area contributed by atoms with Crippen molar-refractivity contribution in [2.75, 3.05) is 6.73 Å². The second-order valence-electron chi connectivity index (χ2n) is 9.01. The summed E-state index contributed by atoms with van der Waals surface area (Å²) in [6.45, 7) is 7.86. The fraction of sp³-hybridized carbons (Fsp3) is 0.214. The molecule has 0 saturated heterocycles. The molecule has 168 valence electrons. The van der Waals surface area contributed by atoms with E-state index >= 15 is 0 Å². The second kappa shape index (κ2) is 8.94. The molecule has 5 nitrogen and oxygen atoms in total. The number of hydrogen-bond acceptors (Lipinski definition) is 4. The molecule has 0 aliphatic rings. The highest BCUT2D eigenvalue weighted by Gasteiger charge is 2.25. The molecular weight excluding hydrogens is 414 g/mol. The van der Waals surface area contributed by atoms with E-state index in [9.17, 15) is 9.59 Å². The largest absolute Gasteiger partial charge is 0.455 e. The van der Waals surface area contributed by atoms with Crippen LogP contribution in [0, 0.1) is 0 Å². The van der Waals surface area contributed by atoms with Crippen molar-refractivity contribution in [2.24, 2.45) is 0 Å². The van der Waals surface area contributed by atoms with Gasteiger partial charge < -0.3 is 14.1 Å². The number of para-hydroxylation sites is 2. The molecule has 1 heterocycles. The van der Waals surface area contributed by atoms with E-state index in [4.69, 9.17) is 9.15 Å². The van der Waals surface area contributed by atoms with Gasteiger partial charge in [-0.25, -0.2) is 0 Å². The van der Waals surface area contributed by atoms with Gasteiger partial charge in [0, 0.05) is 28.0 Å². The molecule has 4 aromatic rings. The van der Waals surface area contributed by atoms with Crippen molar-refractivity contribution in [3.05, 3.63) is 78.4 Å². The summed E-state index contributed by atoms with van der Waals surface area (Å²) in [4.78, 5) is 25.0. The first-order valence-corrected chi connectivity index (χ1v) is 10.9. The van der Waals surface area contributed by atoms with Crippen molar-refractivity contribution in [2.45, 2.75) is 33.2 Å². The molecule has 0 aliphatic carbocycles. The summed E-state index contributed by atoms with van der Waals surface area (Å²) in [5, 5.41) is 2.19. The smallest absolute Gasteiger partial charge is 0.294 e. The normalized spacial score (nSPS) is 12.2. The summed E-state index contributed by atoms with van der Waals surface area (Å²) >= 11 is 0. The van der Waals surface area contributed by atoms with E-state index in [-0.39, 0.29) is 12.6 Å². The molecule has 0 spiro atoms. The van der Waals surface area contributed by atoms with Gasteiger partial charge in [0.15, 0.2) is 6.73 Å². The van der Waals surface area contributed by atoms with E-state index in [1.54, 1.807) is 6.08 Å². The maximum absolute atomic E-state index is 12.8. The first-order chi connectivity index (χ1) is 15.8. The minimum atomic E-state index is -0.480. The van der Waals surface area contributed by atoms with Gasteiger partial charge in [-0.1, -0.05) is 60.7 Å². The van der Waals surface area contributed by atoms with E-state index in [1.807, 2.05) is 76.2 Å². The lowest BCUT2D eigenvalue weighted by Crippen LogP contribution is -2.46. The van der Waals surface area contributed by atoms with Crippen molar-refractivity contribution >= 4 is 39.9 Å². The van der Waals surface area contributed by atoms with Gasteiger partial charge in [0.25, 0.3) is 6.47 Å². The lowest BCUT2D eigenvalue weighted by atomic mass is 9.99. The Kier molecular flexibility index (Phi) is 6.05. The lowest BCUT2D eigenvalue weighted by Gasteiger charge is -2.33. The van der Waals surface area contributed by atoms with Crippen LogP contribution in [0.25, 0.3) is 38.6 Å². The third-order valence-corrected chi connectivity index (χ3v) is 5.74. The Morgan fingerprint density at radius 1 is 0.970 bits per heavy atom. The van der Waals surface area contributed by atoms with Crippen LogP contribution in [-0.4, -0.2) is 29.5 Å². The predicted molar refractivity (Wildman–Crippen MR) is 131 cm³/mol. The Labute approximate surface area is 193 Å². The average Bonchev–Trinajstić information content (AvgIpc) is 3.17. The summed E-state index contributed by atoms with van der Waals surface area (Å²) in [7, 11) is 0. The molecular formula is C28H27NO4.